The summed E-state index contributed by atoms with van der Waals surface area (Å²) in [7, 11) is -0.857. The van der Waals surface area contributed by atoms with Gasteiger partial charge in [0.1, 0.15) is 0 Å². The minimum absolute atomic E-state index is 0. The second-order valence-electron chi connectivity index (χ2n) is 5.05. The van der Waals surface area contributed by atoms with Crippen molar-refractivity contribution in [2.24, 2.45) is 0 Å². The standard InChI is InChI=1S/C18H22Cl2NPS.Ru/c1-2-23-14-13-21-15-18(19,20)22(16-9-5-3-6-10-16)17-11-7-4-8-12-17;/h3-12,21H,2,13-15H2,1H3;/q;+2. The smallest absolute Gasteiger partial charge is 0.313 e. The van der Waals surface area contributed by atoms with E-state index in [1.165, 1.54) is 10.6 Å². The van der Waals surface area contributed by atoms with Gasteiger partial charge in [-0.15, -0.1) is 0 Å². The van der Waals surface area contributed by atoms with Gasteiger partial charge in [-0.05, 0) is 24.3 Å². The summed E-state index contributed by atoms with van der Waals surface area (Å²) in [5, 5.41) is 5.81. The Bertz CT molecular complexity index is 532. The van der Waals surface area contributed by atoms with E-state index in [4.69, 9.17) is 23.2 Å². The molecular weight excluding hydrogens is 465 g/mol. The first-order chi connectivity index (χ1) is 11.1. The van der Waals surface area contributed by atoms with E-state index in [2.05, 4.69) is 36.5 Å². The first kappa shape index (κ1) is 22.4. The van der Waals surface area contributed by atoms with Gasteiger partial charge in [0.15, 0.2) is 4.07 Å². The fourth-order valence-electron chi connectivity index (χ4n) is 2.29. The molecule has 2 aromatic rings. The Kier molecular flexibility index (Phi) is 11.1. The van der Waals surface area contributed by atoms with Crippen LogP contribution in [0.15, 0.2) is 60.7 Å². The van der Waals surface area contributed by atoms with Gasteiger partial charge in [-0.2, -0.15) is 11.8 Å². The molecule has 24 heavy (non-hydrogen) atoms. The van der Waals surface area contributed by atoms with E-state index in [9.17, 15) is 0 Å². The number of hydrogen-bond acceptors (Lipinski definition) is 2. The van der Waals surface area contributed by atoms with Crippen LogP contribution in [0.25, 0.3) is 0 Å². The van der Waals surface area contributed by atoms with Crippen molar-refractivity contribution in [3.8, 4) is 0 Å². The molecule has 1 N–H and O–H groups in total. The second-order valence-corrected chi connectivity index (χ2v) is 10.9. The Balaban J connectivity index is 0.00000288. The molecule has 2 rings (SSSR count). The maximum atomic E-state index is 6.81. The molecule has 0 amide bonds. The summed E-state index contributed by atoms with van der Waals surface area (Å²) < 4.78 is -0.838. The molecule has 0 saturated carbocycles. The Labute approximate surface area is 173 Å². The molecular formula is C18H22Cl2NPRuS+2. The first-order valence-electron chi connectivity index (χ1n) is 7.72. The SMILES string of the molecule is CCSCCNCC(Cl)(Cl)P(c1ccccc1)c1ccccc1.[Ru+2]. The van der Waals surface area contributed by atoms with Gasteiger partial charge in [-0.1, -0.05) is 90.8 Å². The molecule has 0 aliphatic heterocycles. The normalized spacial score (nSPS) is 11.3. The number of halogens is 2. The molecule has 2 aromatic carbocycles. The van der Waals surface area contributed by atoms with E-state index < -0.39 is 12.0 Å². The zero-order chi connectivity index (χ0) is 16.5. The van der Waals surface area contributed by atoms with E-state index in [1.54, 1.807) is 0 Å². The van der Waals surface area contributed by atoms with Crippen LogP contribution in [0, 0.1) is 0 Å². The molecule has 0 spiro atoms. The van der Waals surface area contributed by atoms with Gasteiger partial charge in [-0.3, -0.25) is 0 Å². The third-order valence-corrected chi connectivity index (χ3v) is 7.94. The van der Waals surface area contributed by atoms with Crippen LogP contribution in [0.3, 0.4) is 0 Å². The van der Waals surface area contributed by atoms with Gasteiger partial charge in [0, 0.05) is 18.8 Å². The minimum atomic E-state index is -0.857. The van der Waals surface area contributed by atoms with Crippen LogP contribution < -0.4 is 15.9 Å². The number of rotatable bonds is 9. The average molecular weight is 487 g/mol. The van der Waals surface area contributed by atoms with Crippen molar-refractivity contribution in [1.29, 1.82) is 0 Å². The summed E-state index contributed by atoms with van der Waals surface area (Å²) in [5.41, 5.74) is 0. The van der Waals surface area contributed by atoms with Crippen LogP contribution >= 0.6 is 42.9 Å². The molecule has 1 nitrogen and oxygen atoms in total. The van der Waals surface area contributed by atoms with Crippen LogP contribution in [0.5, 0.6) is 0 Å². The van der Waals surface area contributed by atoms with E-state index in [0.29, 0.717) is 6.54 Å². The number of nitrogens with one attached hydrogen (secondary N) is 1. The predicted octanol–water partition coefficient (Wildman–Crippen LogP) is 4.59. The average Bonchev–Trinajstić information content (AvgIpc) is 2.56. The Morgan fingerprint density at radius 1 is 0.958 bits per heavy atom. The molecule has 0 saturated heterocycles. The zero-order valence-corrected chi connectivity index (χ0v) is 18.5. The number of alkyl halides is 2. The summed E-state index contributed by atoms with van der Waals surface area (Å²) in [6.07, 6.45) is 0. The molecule has 0 heterocycles. The van der Waals surface area contributed by atoms with E-state index >= 15 is 0 Å². The van der Waals surface area contributed by atoms with Crippen molar-refractivity contribution >= 4 is 53.5 Å². The van der Waals surface area contributed by atoms with Crippen LogP contribution in [-0.2, 0) is 19.5 Å². The van der Waals surface area contributed by atoms with E-state index in [0.717, 1.165) is 18.1 Å². The Hall–Kier alpha value is 0.383. The van der Waals surface area contributed by atoms with E-state index in [-0.39, 0.29) is 19.5 Å². The maximum Gasteiger partial charge on any atom is 2.00 e. The quantitative estimate of drug-likeness (QED) is 0.240. The molecule has 130 valence electrons. The van der Waals surface area contributed by atoms with E-state index in [1.807, 2.05) is 48.2 Å². The molecule has 0 aromatic heterocycles. The molecule has 0 radical (unpaired) electrons. The van der Waals surface area contributed by atoms with Gasteiger partial charge in [0.25, 0.3) is 0 Å². The summed E-state index contributed by atoms with van der Waals surface area (Å²) in [4.78, 5) is 0. The third kappa shape index (κ3) is 6.95. The molecule has 0 aliphatic carbocycles. The fourth-order valence-corrected chi connectivity index (χ4v) is 6.49. The predicted molar refractivity (Wildman–Crippen MR) is 109 cm³/mol. The van der Waals surface area contributed by atoms with Crippen molar-refractivity contribution in [2.45, 2.75) is 11.0 Å². The summed E-state index contributed by atoms with van der Waals surface area (Å²) in [6.45, 7) is 3.67. The molecule has 0 unspecified atom stereocenters. The summed E-state index contributed by atoms with van der Waals surface area (Å²) >= 11 is 15.5. The van der Waals surface area contributed by atoms with Crippen molar-refractivity contribution in [1.82, 2.24) is 5.32 Å². The van der Waals surface area contributed by atoms with Gasteiger partial charge in [0.2, 0.25) is 0 Å². The van der Waals surface area contributed by atoms with Crippen molar-refractivity contribution in [3.63, 3.8) is 0 Å². The van der Waals surface area contributed by atoms with Gasteiger partial charge in [0.05, 0.1) is 0 Å². The van der Waals surface area contributed by atoms with Gasteiger partial charge >= 0.3 is 19.5 Å². The maximum absolute atomic E-state index is 6.81. The van der Waals surface area contributed by atoms with Crippen molar-refractivity contribution in [3.05, 3.63) is 60.7 Å². The van der Waals surface area contributed by atoms with Crippen molar-refractivity contribution < 1.29 is 19.5 Å². The second kappa shape index (κ2) is 11.9. The Morgan fingerprint density at radius 2 is 1.46 bits per heavy atom. The van der Waals surface area contributed by atoms with Gasteiger partial charge < -0.3 is 5.32 Å². The van der Waals surface area contributed by atoms with Crippen LogP contribution in [0.2, 0.25) is 0 Å². The number of thioether (sulfide) groups is 1. The zero-order valence-electron chi connectivity index (χ0n) is 13.6. The molecule has 6 heteroatoms. The summed E-state index contributed by atoms with van der Waals surface area (Å²) in [5.74, 6) is 2.21. The number of hydrogen-bond donors (Lipinski definition) is 1. The molecule has 0 atom stereocenters. The van der Waals surface area contributed by atoms with Gasteiger partial charge in [-0.25, -0.2) is 0 Å². The molecule has 0 fully saturated rings. The third-order valence-electron chi connectivity index (χ3n) is 3.32. The first-order valence-corrected chi connectivity index (χ1v) is 11.0. The summed E-state index contributed by atoms with van der Waals surface area (Å²) in [6, 6.07) is 20.7. The Morgan fingerprint density at radius 3 is 1.92 bits per heavy atom. The van der Waals surface area contributed by atoms with Crippen LogP contribution in [0.4, 0.5) is 0 Å². The largest absolute Gasteiger partial charge is 2.00 e. The van der Waals surface area contributed by atoms with Crippen molar-refractivity contribution in [2.75, 3.05) is 24.6 Å². The molecule has 0 bridgehead atoms. The minimum Gasteiger partial charge on any atom is -0.313 e. The number of benzene rings is 2. The van der Waals surface area contributed by atoms with Crippen LogP contribution in [0.1, 0.15) is 6.92 Å². The molecule has 0 aliphatic rings. The monoisotopic (exact) mass is 487 g/mol. The van der Waals surface area contributed by atoms with Crippen LogP contribution in [-0.4, -0.2) is 28.7 Å². The fraction of sp³-hybridized carbons (Fsp3) is 0.333. The topological polar surface area (TPSA) is 12.0 Å².